The fourth-order valence-corrected chi connectivity index (χ4v) is 2.49. The minimum absolute atomic E-state index is 0.0446. The number of primary sulfonamides is 1. The summed E-state index contributed by atoms with van der Waals surface area (Å²) in [5, 5.41) is 7.31. The molecule has 0 aromatic heterocycles. The van der Waals surface area contributed by atoms with Gasteiger partial charge in [-0.25, -0.2) is 18.4 Å². The molecule has 7 nitrogen and oxygen atoms in total. The van der Waals surface area contributed by atoms with Crippen molar-refractivity contribution in [3.63, 3.8) is 0 Å². The molecule has 1 amide bonds. The molecule has 2 aromatic rings. The zero-order chi connectivity index (χ0) is 17.6. The van der Waals surface area contributed by atoms with Gasteiger partial charge in [0.15, 0.2) is 5.78 Å². The van der Waals surface area contributed by atoms with E-state index in [-0.39, 0.29) is 17.9 Å². The molecule has 0 unspecified atom stereocenters. The number of para-hydroxylation sites is 1. The van der Waals surface area contributed by atoms with Crippen molar-refractivity contribution >= 4 is 27.6 Å². The Kier molecular flexibility index (Phi) is 5.67. The van der Waals surface area contributed by atoms with Crippen molar-refractivity contribution in [1.29, 1.82) is 0 Å². The largest absolute Gasteiger partial charge is 0.444 e. The third kappa shape index (κ3) is 5.49. The van der Waals surface area contributed by atoms with Crippen molar-refractivity contribution < 1.29 is 22.7 Å². The molecule has 0 fully saturated rings. The topological polar surface area (TPSA) is 116 Å². The summed E-state index contributed by atoms with van der Waals surface area (Å²) in [6.07, 6.45) is -0.755. The van der Waals surface area contributed by atoms with Crippen LogP contribution in [-0.2, 0) is 21.4 Å². The lowest BCUT2D eigenvalue weighted by Gasteiger charge is -2.10. The van der Waals surface area contributed by atoms with E-state index in [4.69, 9.17) is 9.88 Å². The monoisotopic (exact) mass is 348 g/mol. The molecule has 3 N–H and O–H groups in total. The number of ketones is 1. The number of hydrogen-bond acceptors (Lipinski definition) is 5. The lowest BCUT2D eigenvalue weighted by molar-refractivity contribution is 0.102. The first-order valence-electron chi connectivity index (χ1n) is 6.95. The predicted molar refractivity (Wildman–Crippen MR) is 89.0 cm³/mol. The molecule has 0 bridgehead atoms. The van der Waals surface area contributed by atoms with Gasteiger partial charge >= 0.3 is 6.09 Å². The van der Waals surface area contributed by atoms with Gasteiger partial charge in [-0.2, -0.15) is 0 Å². The second-order valence-electron chi connectivity index (χ2n) is 4.96. The second-order valence-corrected chi connectivity index (χ2v) is 6.58. The summed E-state index contributed by atoms with van der Waals surface area (Å²) in [6.45, 7) is 0.0694. The van der Waals surface area contributed by atoms with Gasteiger partial charge in [0.25, 0.3) is 0 Å². The third-order valence-electron chi connectivity index (χ3n) is 3.01. The maximum Gasteiger partial charge on any atom is 0.411 e. The van der Waals surface area contributed by atoms with Crippen LogP contribution in [0.15, 0.2) is 54.6 Å². The Bertz CT molecular complexity index is 835. The van der Waals surface area contributed by atoms with Crippen molar-refractivity contribution in [2.45, 2.75) is 6.61 Å². The molecule has 0 radical (unpaired) electrons. The quantitative estimate of drug-likeness (QED) is 0.774. The van der Waals surface area contributed by atoms with Gasteiger partial charge in [0.1, 0.15) is 12.4 Å². The van der Waals surface area contributed by atoms with Crippen LogP contribution in [0, 0.1) is 0 Å². The van der Waals surface area contributed by atoms with Gasteiger partial charge in [-0.15, -0.1) is 0 Å². The number of benzene rings is 2. The Balaban J connectivity index is 2.04. The first-order chi connectivity index (χ1) is 11.3. The van der Waals surface area contributed by atoms with Crippen LogP contribution in [-0.4, -0.2) is 26.0 Å². The molecule has 0 spiro atoms. The van der Waals surface area contributed by atoms with Gasteiger partial charge in [0.2, 0.25) is 10.0 Å². The maximum atomic E-state index is 12.0. The number of carbonyl (C=O) groups is 2. The number of hydrogen-bond donors (Lipinski definition) is 2. The maximum absolute atomic E-state index is 12.0. The predicted octanol–water partition coefficient (Wildman–Crippen LogP) is 1.91. The number of nitrogens with one attached hydrogen (secondary N) is 1. The average Bonchev–Trinajstić information content (AvgIpc) is 2.53. The van der Waals surface area contributed by atoms with Crippen molar-refractivity contribution in [1.82, 2.24) is 0 Å². The molecule has 126 valence electrons. The van der Waals surface area contributed by atoms with E-state index < -0.39 is 27.7 Å². The van der Waals surface area contributed by atoms with Gasteiger partial charge in [-0.3, -0.25) is 10.1 Å². The Morgan fingerprint density at radius 1 is 1.00 bits per heavy atom. The molecule has 0 aliphatic rings. The Labute approximate surface area is 139 Å². The van der Waals surface area contributed by atoms with Crippen molar-refractivity contribution in [3.05, 3.63) is 65.7 Å². The highest BCUT2D eigenvalue weighted by atomic mass is 32.2. The third-order valence-corrected chi connectivity index (χ3v) is 3.67. The van der Waals surface area contributed by atoms with Gasteiger partial charge < -0.3 is 4.74 Å². The fraction of sp³-hybridized carbons (Fsp3) is 0.125. The minimum atomic E-state index is -3.96. The van der Waals surface area contributed by atoms with Crippen LogP contribution in [0.2, 0.25) is 0 Å². The summed E-state index contributed by atoms with van der Waals surface area (Å²) < 4.78 is 27.2. The number of sulfonamides is 1. The molecule has 0 saturated heterocycles. The van der Waals surface area contributed by atoms with Crippen LogP contribution in [0.1, 0.15) is 15.9 Å². The molecule has 2 aromatic carbocycles. The number of nitrogens with two attached hydrogens (primary N) is 1. The highest BCUT2D eigenvalue weighted by Crippen LogP contribution is 2.17. The van der Waals surface area contributed by atoms with E-state index in [1.54, 1.807) is 24.3 Å². The van der Waals surface area contributed by atoms with E-state index in [1.807, 2.05) is 18.2 Å². The zero-order valence-corrected chi connectivity index (χ0v) is 13.5. The van der Waals surface area contributed by atoms with Gasteiger partial charge in [-0.1, -0.05) is 42.5 Å². The molecule has 0 atom stereocenters. The summed E-state index contributed by atoms with van der Waals surface area (Å²) in [4.78, 5) is 23.8. The van der Waals surface area contributed by atoms with E-state index in [0.717, 1.165) is 5.56 Å². The molecule has 0 heterocycles. The van der Waals surface area contributed by atoms with Crippen LogP contribution in [0.4, 0.5) is 10.5 Å². The van der Waals surface area contributed by atoms with Crippen molar-refractivity contribution in [3.8, 4) is 0 Å². The van der Waals surface area contributed by atoms with Crippen LogP contribution in [0.5, 0.6) is 0 Å². The lowest BCUT2D eigenvalue weighted by atomic mass is 10.1. The summed E-state index contributed by atoms with van der Waals surface area (Å²) in [7, 11) is -3.96. The first-order valence-corrected chi connectivity index (χ1v) is 8.67. The molecule has 0 saturated carbocycles. The number of rotatable bonds is 6. The molecule has 2 rings (SSSR count). The number of ether oxygens (including phenoxy) is 1. The number of amides is 1. The van der Waals surface area contributed by atoms with Crippen LogP contribution >= 0.6 is 0 Å². The summed E-state index contributed by atoms with van der Waals surface area (Å²) >= 11 is 0. The van der Waals surface area contributed by atoms with E-state index in [0.29, 0.717) is 0 Å². The highest BCUT2D eigenvalue weighted by Gasteiger charge is 2.18. The van der Waals surface area contributed by atoms with Gasteiger partial charge in [0.05, 0.1) is 5.69 Å². The average molecular weight is 348 g/mol. The highest BCUT2D eigenvalue weighted by molar-refractivity contribution is 7.89. The second kappa shape index (κ2) is 7.71. The van der Waals surface area contributed by atoms with Crippen molar-refractivity contribution in [2.24, 2.45) is 5.14 Å². The molecule has 0 aliphatic heterocycles. The van der Waals surface area contributed by atoms with Crippen LogP contribution in [0.3, 0.4) is 0 Å². The normalized spacial score (nSPS) is 10.9. The molecular weight excluding hydrogens is 332 g/mol. The van der Waals surface area contributed by atoms with E-state index in [9.17, 15) is 18.0 Å². The summed E-state index contributed by atoms with van der Waals surface area (Å²) in [5.74, 6) is -1.55. The smallest absolute Gasteiger partial charge is 0.411 e. The van der Waals surface area contributed by atoms with Crippen LogP contribution < -0.4 is 10.5 Å². The summed E-state index contributed by atoms with van der Waals surface area (Å²) in [6, 6.07) is 15.1. The molecular formula is C16H16N2O5S. The number of carbonyl (C=O) groups excluding carboxylic acids is 2. The van der Waals surface area contributed by atoms with Gasteiger partial charge in [-0.05, 0) is 17.7 Å². The van der Waals surface area contributed by atoms with Gasteiger partial charge in [0, 0.05) is 5.56 Å². The standard InChI is InChI=1S/C16H16N2O5S/c17-24(21,22)11-15(19)13-8-4-5-9-14(13)18-16(20)23-10-12-6-2-1-3-7-12/h1-9H,10-11H2,(H,18,20)(H2,17,21,22). The number of Topliss-reactive ketones (excluding diaryl/α,β-unsaturated/α-hetero) is 1. The summed E-state index contributed by atoms with van der Waals surface area (Å²) in [5.41, 5.74) is 1.01. The lowest BCUT2D eigenvalue weighted by Crippen LogP contribution is -2.24. The first kappa shape index (κ1) is 17.6. The Morgan fingerprint density at radius 3 is 2.29 bits per heavy atom. The molecule has 8 heteroatoms. The fourth-order valence-electron chi connectivity index (χ4n) is 1.96. The van der Waals surface area contributed by atoms with E-state index >= 15 is 0 Å². The van der Waals surface area contributed by atoms with E-state index in [1.165, 1.54) is 12.1 Å². The van der Waals surface area contributed by atoms with Crippen LogP contribution in [0.25, 0.3) is 0 Å². The minimum Gasteiger partial charge on any atom is -0.444 e. The SMILES string of the molecule is NS(=O)(=O)CC(=O)c1ccccc1NC(=O)OCc1ccccc1. The molecule has 24 heavy (non-hydrogen) atoms. The number of anilines is 1. The Hall–Kier alpha value is -2.71. The van der Waals surface area contributed by atoms with Crippen molar-refractivity contribution in [2.75, 3.05) is 11.1 Å². The Morgan fingerprint density at radius 2 is 1.62 bits per heavy atom. The van der Waals surface area contributed by atoms with E-state index in [2.05, 4.69) is 5.32 Å². The molecule has 0 aliphatic carbocycles. The zero-order valence-electron chi connectivity index (χ0n) is 12.6.